The highest BCUT2D eigenvalue weighted by molar-refractivity contribution is 5.74. The number of rotatable bonds is 1. The third-order valence-electron chi connectivity index (χ3n) is 2.27. The molecular weight excluding hydrogens is 221 g/mol. The Bertz CT molecular complexity index is 297. The number of hydrogen-bond acceptors (Lipinski definition) is 1. The molecule has 0 aromatic rings. The first kappa shape index (κ1) is 12.9. The molecule has 2 amide bonds. The summed E-state index contributed by atoms with van der Waals surface area (Å²) in [4.78, 5) is 12.8. The molecule has 0 radical (unpaired) electrons. The highest BCUT2D eigenvalue weighted by Gasteiger charge is 2.35. The quantitative estimate of drug-likeness (QED) is 0.696. The van der Waals surface area contributed by atoms with E-state index in [1.165, 1.54) is 4.90 Å². The molecule has 92 valence electrons. The number of alkyl halides is 3. The lowest BCUT2D eigenvalue weighted by molar-refractivity contribution is -0.0956. The first-order valence-corrected chi connectivity index (χ1v) is 5.12. The van der Waals surface area contributed by atoms with Crippen LogP contribution >= 0.6 is 0 Å². The minimum absolute atomic E-state index is 0.0134. The van der Waals surface area contributed by atoms with Gasteiger partial charge in [0.2, 0.25) is 0 Å². The van der Waals surface area contributed by atoms with Crippen LogP contribution in [-0.4, -0.2) is 36.2 Å². The third-order valence-corrected chi connectivity index (χ3v) is 2.27. The maximum Gasteiger partial charge on any atom is 0.412 e. The van der Waals surface area contributed by atoms with Crippen molar-refractivity contribution in [3.05, 3.63) is 11.6 Å². The monoisotopic (exact) mass is 236 g/mol. The molecule has 0 aromatic carbocycles. The molecule has 0 aliphatic carbocycles. The summed E-state index contributed by atoms with van der Waals surface area (Å²) < 4.78 is 36.9. The van der Waals surface area contributed by atoms with Gasteiger partial charge < -0.3 is 10.2 Å². The van der Waals surface area contributed by atoms with Crippen molar-refractivity contribution >= 4 is 6.03 Å². The Morgan fingerprint density at radius 3 is 2.50 bits per heavy atom. The van der Waals surface area contributed by atoms with Crippen LogP contribution < -0.4 is 5.32 Å². The molecule has 0 saturated heterocycles. The third kappa shape index (κ3) is 3.43. The van der Waals surface area contributed by atoms with Crippen LogP contribution in [0.1, 0.15) is 20.3 Å². The van der Waals surface area contributed by atoms with Gasteiger partial charge in [-0.15, -0.1) is 0 Å². The molecule has 1 rings (SSSR count). The Balaban J connectivity index is 2.54. The molecule has 0 unspecified atom stereocenters. The van der Waals surface area contributed by atoms with Crippen LogP contribution in [0.5, 0.6) is 0 Å². The van der Waals surface area contributed by atoms with E-state index in [4.69, 9.17) is 0 Å². The summed E-state index contributed by atoms with van der Waals surface area (Å²) in [5.41, 5.74) is -0.541. The molecular formula is C10H15F3N2O. The second-order valence-corrected chi connectivity index (χ2v) is 4.03. The summed E-state index contributed by atoms with van der Waals surface area (Å²) in [6.07, 6.45) is -3.32. The number of nitrogens with zero attached hydrogens (tertiary/aromatic N) is 1. The smallest absolute Gasteiger partial charge is 0.336 e. The van der Waals surface area contributed by atoms with Gasteiger partial charge in [0.1, 0.15) is 0 Å². The van der Waals surface area contributed by atoms with Crippen molar-refractivity contribution in [1.82, 2.24) is 10.2 Å². The molecule has 0 spiro atoms. The van der Waals surface area contributed by atoms with Crippen LogP contribution in [0.3, 0.4) is 0 Å². The number of hydrogen-bond donors (Lipinski definition) is 1. The number of amides is 2. The SMILES string of the molecule is CC(C)NC(=O)N1CC=C(C(F)(F)F)CC1. The largest absolute Gasteiger partial charge is 0.412 e. The molecule has 3 nitrogen and oxygen atoms in total. The molecule has 1 aliphatic rings. The van der Waals surface area contributed by atoms with E-state index in [0.29, 0.717) is 0 Å². The molecule has 0 saturated carbocycles. The van der Waals surface area contributed by atoms with E-state index in [2.05, 4.69) is 5.32 Å². The van der Waals surface area contributed by atoms with Crippen molar-refractivity contribution in [1.29, 1.82) is 0 Å². The summed E-state index contributed by atoms with van der Waals surface area (Å²) >= 11 is 0. The van der Waals surface area contributed by atoms with E-state index in [1.807, 2.05) is 0 Å². The molecule has 0 bridgehead atoms. The van der Waals surface area contributed by atoms with Crippen LogP contribution in [0.15, 0.2) is 11.6 Å². The van der Waals surface area contributed by atoms with Gasteiger partial charge in [0.15, 0.2) is 0 Å². The summed E-state index contributed by atoms with van der Waals surface area (Å²) in [6.45, 7) is 3.74. The van der Waals surface area contributed by atoms with Crippen LogP contribution in [0.25, 0.3) is 0 Å². The van der Waals surface area contributed by atoms with Crippen molar-refractivity contribution in [3.8, 4) is 0 Å². The van der Waals surface area contributed by atoms with Crippen LogP contribution in [0, 0.1) is 0 Å². The lowest BCUT2D eigenvalue weighted by Gasteiger charge is -2.28. The van der Waals surface area contributed by atoms with Crippen molar-refractivity contribution in [2.75, 3.05) is 13.1 Å². The van der Waals surface area contributed by atoms with Gasteiger partial charge in [-0.1, -0.05) is 6.08 Å². The average molecular weight is 236 g/mol. The fourth-order valence-corrected chi connectivity index (χ4v) is 1.45. The van der Waals surface area contributed by atoms with Crippen LogP contribution in [-0.2, 0) is 0 Å². The highest BCUT2D eigenvalue weighted by atomic mass is 19.4. The zero-order valence-electron chi connectivity index (χ0n) is 9.27. The first-order chi connectivity index (χ1) is 7.30. The summed E-state index contributed by atoms with van der Waals surface area (Å²) in [7, 11) is 0. The summed E-state index contributed by atoms with van der Waals surface area (Å²) in [5, 5.41) is 2.64. The van der Waals surface area contributed by atoms with Gasteiger partial charge >= 0.3 is 12.2 Å². The second-order valence-electron chi connectivity index (χ2n) is 4.03. The number of carbonyl (C=O) groups excluding carboxylic acids is 1. The Labute approximate surface area is 92.3 Å². The van der Waals surface area contributed by atoms with Gasteiger partial charge in [0.25, 0.3) is 0 Å². The lowest BCUT2D eigenvalue weighted by atomic mass is 10.1. The molecule has 0 aromatic heterocycles. The fourth-order valence-electron chi connectivity index (χ4n) is 1.45. The number of nitrogens with one attached hydrogen (secondary N) is 1. The Kier molecular flexibility index (Phi) is 3.83. The predicted octanol–water partition coefficient (Wildman–Crippen LogP) is 2.30. The van der Waals surface area contributed by atoms with E-state index >= 15 is 0 Å². The number of halogens is 3. The zero-order valence-corrected chi connectivity index (χ0v) is 9.27. The van der Waals surface area contributed by atoms with Crippen molar-refractivity contribution < 1.29 is 18.0 Å². The average Bonchev–Trinajstić information content (AvgIpc) is 2.15. The van der Waals surface area contributed by atoms with Gasteiger partial charge in [-0.05, 0) is 20.3 Å². The van der Waals surface area contributed by atoms with Crippen molar-refractivity contribution in [2.45, 2.75) is 32.5 Å². The van der Waals surface area contributed by atoms with Crippen LogP contribution in [0.4, 0.5) is 18.0 Å². The van der Waals surface area contributed by atoms with Gasteiger partial charge in [0, 0.05) is 24.7 Å². The number of carbonyl (C=O) groups is 1. The minimum Gasteiger partial charge on any atom is -0.336 e. The molecule has 0 atom stereocenters. The molecule has 6 heteroatoms. The van der Waals surface area contributed by atoms with Gasteiger partial charge in [-0.3, -0.25) is 0 Å². The maximum absolute atomic E-state index is 12.3. The summed E-state index contributed by atoms with van der Waals surface area (Å²) in [6, 6.07) is -0.326. The van der Waals surface area contributed by atoms with Crippen LogP contribution in [0.2, 0.25) is 0 Å². The second kappa shape index (κ2) is 4.76. The summed E-state index contributed by atoms with van der Waals surface area (Å²) in [5.74, 6) is 0. The zero-order chi connectivity index (χ0) is 12.3. The molecule has 0 fully saturated rings. The molecule has 16 heavy (non-hydrogen) atoms. The predicted molar refractivity (Wildman–Crippen MR) is 54.0 cm³/mol. The standard InChI is InChI=1S/C10H15F3N2O/c1-7(2)14-9(16)15-5-3-8(4-6-15)10(11,12)13/h3,7H,4-6H2,1-2H3,(H,14,16). The molecule has 1 aliphatic heterocycles. The normalized spacial score (nSPS) is 17.4. The van der Waals surface area contributed by atoms with E-state index in [0.717, 1.165) is 6.08 Å². The van der Waals surface area contributed by atoms with E-state index in [-0.39, 0.29) is 31.6 Å². The first-order valence-electron chi connectivity index (χ1n) is 5.12. The highest BCUT2D eigenvalue weighted by Crippen LogP contribution is 2.29. The number of urea groups is 1. The van der Waals surface area contributed by atoms with Crippen molar-refractivity contribution in [2.24, 2.45) is 0 Å². The minimum atomic E-state index is -4.26. The maximum atomic E-state index is 12.3. The Morgan fingerprint density at radius 1 is 1.50 bits per heavy atom. The van der Waals surface area contributed by atoms with Gasteiger partial charge in [0.05, 0.1) is 0 Å². The molecule has 1 heterocycles. The topological polar surface area (TPSA) is 32.3 Å². The van der Waals surface area contributed by atoms with E-state index in [1.54, 1.807) is 13.8 Å². The fraction of sp³-hybridized carbons (Fsp3) is 0.700. The Morgan fingerprint density at radius 2 is 2.12 bits per heavy atom. The van der Waals surface area contributed by atoms with Gasteiger partial charge in [-0.25, -0.2) is 4.79 Å². The van der Waals surface area contributed by atoms with E-state index in [9.17, 15) is 18.0 Å². The molecule has 1 N–H and O–H groups in total. The van der Waals surface area contributed by atoms with Gasteiger partial charge in [-0.2, -0.15) is 13.2 Å². The Hall–Kier alpha value is -1.20. The van der Waals surface area contributed by atoms with E-state index < -0.39 is 11.7 Å². The van der Waals surface area contributed by atoms with Crippen molar-refractivity contribution in [3.63, 3.8) is 0 Å². The lowest BCUT2D eigenvalue weighted by Crippen LogP contribution is -2.45.